The van der Waals surface area contributed by atoms with E-state index in [0.717, 1.165) is 6.42 Å². The number of rotatable bonds is 1. The molecule has 0 aromatic carbocycles. The van der Waals surface area contributed by atoms with E-state index in [4.69, 9.17) is 14.7 Å². The molecule has 1 saturated heterocycles. The van der Waals surface area contributed by atoms with E-state index in [0.29, 0.717) is 6.42 Å². The number of carbonyl (C=O) groups is 2. The molecule has 0 amide bonds. The third kappa shape index (κ3) is 0.902. The molecule has 5 unspecified atom stereocenters. The van der Waals surface area contributed by atoms with E-state index >= 15 is 0 Å². The van der Waals surface area contributed by atoms with Gasteiger partial charge in [0.2, 0.25) is 0 Å². The van der Waals surface area contributed by atoms with Crippen molar-refractivity contribution in [3.8, 4) is 6.07 Å². The average molecular weight is 221 g/mol. The highest BCUT2D eigenvalue weighted by atomic mass is 16.6. The molecule has 5 heteroatoms. The molecule has 1 heterocycles. The molecule has 5 atom stereocenters. The lowest BCUT2D eigenvalue weighted by Gasteiger charge is -2.27. The van der Waals surface area contributed by atoms with Gasteiger partial charge in [-0.3, -0.25) is 9.59 Å². The predicted octanol–water partition coefficient (Wildman–Crippen LogP) is 0.393. The molecule has 0 aromatic rings. The monoisotopic (exact) mass is 221 g/mol. The molecule has 1 aliphatic heterocycles. The number of nitrogens with zero attached hydrogens (tertiary/aromatic N) is 1. The van der Waals surface area contributed by atoms with Crippen molar-refractivity contribution in [2.24, 2.45) is 17.3 Å². The maximum Gasteiger partial charge on any atom is 0.327 e. The zero-order valence-electron chi connectivity index (χ0n) is 8.80. The second kappa shape index (κ2) is 2.76. The van der Waals surface area contributed by atoms with E-state index in [-0.39, 0.29) is 23.9 Å². The van der Waals surface area contributed by atoms with Gasteiger partial charge in [-0.25, -0.2) is 0 Å². The molecule has 0 spiro atoms. The number of nitriles is 1. The molecule has 16 heavy (non-hydrogen) atoms. The van der Waals surface area contributed by atoms with E-state index in [2.05, 4.69) is 6.07 Å². The number of esters is 2. The van der Waals surface area contributed by atoms with Gasteiger partial charge in [0.15, 0.2) is 5.41 Å². The molecule has 3 rings (SSSR count). The minimum Gasteiger partial charge on any atom is -0.458 e. The van der Waals surface area contributed by atoms with Gasteiger partial charge in [0.05, 0.1) is 6.07 Å². The number of fused-ring (bicyclic) bond motifs is 1. The van der Waals surface area contributed by atoms with Crippen molar-refractivity contribution in [1.29, 1.82) is 5.26 Å². The summed E-state index contributed by atoms with van der Waals surface area (Å²) in [4.78, 5) is 22.6. The SMILES string of the molecule is CC(=O)OC1C2CC3C1OC(=O)C3(C#N)C2. The Hall–Kier alpha value is -1.57. The smallest absolute Gasteiger partial charge is 0.327 e. The van der Waals surface area contributed by atoms with Crippen molar-refractivity contribution >= 4 is 11.9 Å². The summed E-state index contributed by atoms with van der Waals surface area (Å²) < 4.78 is 10.4. The second-order valence-electron chi connectivity index (χ2n) is 4.83. The predicted molar refractivity (Wildman–Crippen MR) is 49.7 cm³/mol. The standard InChI is InChI=1S/C11H11NO4/c1-5(13)15-8-6-2-7-9(8)16-10(14)11(7,3-6)4-12/h6-9H,2-3H2,1H3. The summed E-state index contributed by atoms with van der Waals surface area (Å²) in [6, 6.07) is 2.11. The van der Waals surface area contributed by atoms with Crippen molar-refractivity contribution in [3.63, 3.8) is 0 Å². The van der Waals surface area contributed by atoms with Crippen LogP contribution in [-0.2, 0) is 19.1 Å². The lowest BCUT2D eigenvalue weighted by Crippen LogP contribution is -2.39. The lowest BCUT2D eigenvalue weighted by molar-refractivity contribution is -0.159. The Morgan fingerprint density at radius 1 is 1.69 bits per heavy atom. The van der Waals surface area contributed by atoms with Crippen LogP contribution in [0, 0.1) is 28.6 Å². The Labute approximate surface area is 92.3 Å². The number of ether oxygens (including phenoxy) is 2. The molecule has 2 saturated carbocycles. The molecule has 3 fully saturated rings. The number of hydrogen-bond donors (Lipinski definition) is 0. The highest BCUT2D eigenvalue weighted by molar-refractivity contribution is 5.84. The Kier molecular flexibility index (Phi) is 1.66. The Balaban J connectivity index is 1.93. The van der Waals surface area contributed by atoms with E-state index in [1.54, 1.807) is 0 Å². The molecule has 84 valence electrons. The van der Waals surface area contributed by atoms with Crippen molar-refractivity contribution in [1.82, 2.24) is 0 Å². The summed E-state index contributed by atoms with van der Waals surface area (Å²) >= 11 is 0. The summed E-state index contributed by atoms with van der Waals surface area (Å²) in [7, 11) is 0. The van der Waals surface area contributed by atoms with Gasteiger partial charge < -0.3 is 9.47 Å². The fourth-order valence-electron chi connectivity index (χ4n) is 3.48. The maximum atomic E-state index is 11.7. The largest absolute Gasteiger partial charge is 0.458 e. The third-order valence-corrected chi connectivity index (χ3v) is 4.07. The maximum absolute atomic E-state index is 11.7. The first-order valence-corrected chi connectivity index (χ1v) is 5.38. The van der Waals surface area contributed by atoms with Gasteiger partial charge in [0, 0.05) is 18.8 Å². The molecule has 0 radical (unpaired) electrons. The van der Waals surface area contributed by atoms with E-state index in [1.807, 2.05) is 0 Å². The van der Waals surface area contributed by atoms with Crippen molar-refractivity contribution in [2.75, 3.05) is 0 Å². The zero-order valence-corrected chi connectivity index (χ0v) is 8.80. The number of hydrogen-bond acceptors (Lipinski definition) is 5. The molecule has 0 aromatic heterocycles. The quantitative estimate of drug-likeness (QED) is 0.599. The first-order chi connectivity index (χ1) is 7.58. The van der Waals surface area contributed by atoms with Crippen LogP contribution in [0.15, 0.2) is 0 Å². The number of carbonyl (C=O) groups excluding carboxylic acids is 2. The Morgan fingerprint density at radius 3 is 3.06 bits per heavy atom. The van der Waals surface area contributed by atoms with Crippen molar-refractivity contribution in [3.05, 3.63) is 0 Å². The van der Waals surface area contributed by atoms with Gasteiger partial charge in [0.25, 0.3) is 0 Å². The van der Waals surface area contributed by atoms with Gasteiger partial charge in [-0.2, -0.15) is 5.26 Å². The summed E-state index contributed by atoms with van der Waals surface area (Å²) in [5.74, 6) is -0.769. The fraction of sp³-hybridized carbons (Fsp3) is 0.727. The van der Waals surface area contributed by atoms with Gasteiger partial charge in [-0.15, -0.1) is 0 Å². The molecular formula is C11H11NO4. The topological polar surface area (TPSA) is 76.4 Å². The molecule has 2 aliphatic carbocycles. The van der Waals surface area contributed by atoms with Gasteiger partial charge in [-0.05, 0) is 12.8 Å². The molecule has 3 aliphatic rings. The van der Waals surface area contributed by atoms with Crippen LogP contribution in [0.25, 0.3) is 0 Å². The lowest BCUT2D eigenvalue weighted by atomic mass is 9.75. The molecule has 5 nitrogen and oxygen atoms in total. The van der Waals surface area contributed by atoms with Gasteiger partial charge in [-0.1, -0.05) is 0 Å². The average Bonchev–Trinajstić information content (AvgIpc) is 2.79. The normalized spacial score (nSPS) is 47.6. The Bertz CT molecular complexity index is 426. The third-order valence-electron chi connectivity index (χ3n) is 4.07. The van der Waals surface area contributed by atoms with Crippen molar-refractivity contribution in [2.45, 2.75) is 32.0 Å². The van der Waals surface area contributed by atoms with Crippen LogP contribution < -0.4 is 0 Å². The Morgan fingerprint density at radius 2 is 2.44 bits per heavy atom. The molecule has 0 N–H and O–H groups in total. The van der Waals surface area contributed by atoms with Crippen LogP contribution in [0.3, 0.4) is 0 Å². The highest BCUT2D eigenvalue weighted by Crippen LogP contribution is 2.62. The second-order valence-corrected chi connectivity index (χ2v) is 4.83. The minimum atomic E-state index is -0.952. The van der Waals surface area contributed by atoms with Crippen LogP contribution in [0.4, 0.5) is 0 Å². The van der Waals surface area contributed by atoms with Crippen LogP contribution in [0.1, 0.15) is 19.8 Å². The molecular weight excluding hydrogens is 210 g/mol. The van der Waals surface area contributed by atoms with Crippen LogP contribution in [0.2, 0.25) is 0 Å². The fourth-order valence-corrected chi connectivity index (χ4v) is 3.48. The first-order valence-electron chi connectivity index (χ1n) is 5.38. The van der Waals surface area contributed by atoms with E-state index < -0.39 is 17.5 Å². The highest BCUT2D eigenvalue weighted by Gasteiger charge is 2.72. The zero-order chi connectivity index (χ0) is 11.5. The summed E-state index contributed by atoms with van der Waals surface area (Å²) in [6.45, 7) is 1.35. The minimum absolute atomic E-state index is 0.0839. The van der Waals surface area contributed by atoms with Crippen LogP contribution in [-0.4, -0.2) is 24.1 Å². The van der Waals surface area contributed by atoms with E-state index in [1.165, 1.54) is 6.92 Å². The van der Waals surface area contributed by atoms with Crippen LogP contribution >= 0.6 is 0 Å². The summed E-state index contributed by atoms with van der Waals surface area (Å²) in [6.07, 6.45) is 0.494. The van der Waals surface area contributed by atoms with Crippen molar-refractivity contribution < 1.29 is 19.1 Å². The van der Waals surface area contributed by atoms with Crippen LogP contribution in [0.5, 0.6) is 0 Å². The van der Waals surface area contributed by atoms with Gasteiger partial charge >= 0.3 is 11.9 Å². The van der Waals surface area contributed by atoms with E-state index in [9.17, 15) is 9.59 Å². The summed E-state index contributed by atoms with van der Waals surface area (Å²) in [5.41, 5.74) is -0.952. The summed E-state index contributed by atoms with van der Waals surface area (Å²) in [5, 5.41) is 9.15. The first kappa shape index (κ1) is 9.64. The van der Waals surface area contributed by atoms with Gasteiger partial charge in [0.1, 0.15) is 12.2 Å². The molecule has 2 bridgehead atoms.